The molecule has 1 aromatic rings. The first kappa shape index (κ1) is 14.4. The number of nitrogens with one attached hydrogen (secondary N) is 2. The summed E-state index contributed by atoms with van der Waals surface area (Å²) in [6.45, 7) is 0.509. The highest BCUT2D eigenvalue weighted by molar-refractivity contribution is 5.79. The van der Waals surface area contributed by atoms with Gasteiger partial charge in [0.25, 0.3) is 0 Å². The number of hydrogen-bond donors (Lipinski definition) is 3. The first-order valence-corrected chi connectivity index (χ1v) is 7.08. The summed E-state index contributed by atoms with van der Waals surface area (Å²) in [5, 5.41) is 12.2. The van der Waals surface area contributed by atoms with E-state index in [0.717, 1.165) is 5.56 Å². The summed E-state index contributed by atoms with van der Waals surface area (Å²) in [5.41, 5.74) is 4.28. The van der Waals surface area contributed by atoms with E-state index in [1.165, 1.54) is 32.1 Å². The lowest BCUT2D eigenvalue weighted by molar-refractivity contribution is 0.410. The largest absolute Gasteiger partial charge is 0.353 e. The van der Waals surface area contributed by atoms with Crippen LogP contribution in [0.3, 0.4) is 0 Å². The molecule has 5 heteroatoms. The molecule has 5 nitrogen and oxygen atoms in total. The highest BCUT2D eigenvalue weighted by atomic mass is 15.3. The monoisotopic (exact) mass is 271 g/mol. The van der Waals surface area contributed by atoms with Gasteiger partial charge in [-0.3, -0.25) is 5.43 Å². The number of nitriles is 1. The van der Waals surface area contributed by atoms with Gasteiger partial charge in [-0.1, -0.05) is 31.4 Å². The van der Waals surface area contributed by atoms with Crippen molar-refractivity contribution in [2.24, 2.45) is 10.8 Å². The zero-order chi connectivity index (χ0) is 14.2. The normalized spacial score (nSPS) is 16.5. The van der Waals surface area contributed by atoms with E-state index in [4.69, 9.17) is 11.1 Å². The fourth-order valence-electron chi connectivity index (χ4n) is 2.48. The third-order valence-corrected chi connectivity index (χ3v) is 3.56. The standard InChI is InChI=1S/C15H21N5/c16-10-12-5-4-6-13(9-12)11-18-15(20-17)19-14-7-2-1-3-8-14/h4-6,9,14H,1-3,7-8,11,17H2,(H2,18,19,20). The lowest BCUT2D eigenvalue weighted by atomic mass is 9.96. The predicted molar refractivity (Wildman–Crippen MR) is 79.6 cm³/mol. The van der Waals surface area contributed by atoms with E-state index in [2.05, 4.69) is 21.8 Å². The average molecular weight is 271 g/mol. The Balaban J connectivity index is 1.94. The molecule has 0 aliphatic heterocycles. The molecule has 106 valence electrons. The number of nitrogens with zero attached hydrogens (tertiary/aromatic N) is 2. The highest BCUT2D eigenvalue weighted by Gasteiger charge is 2.13. The first-order valence-electron chi connectivity index (χ1n) is 7.08. The Morgan fingerprint density at radius 3 is 2.85 bits per heavy atom. The molecule has 1 aliphatic carbocycles. The average Bonchev–Trinajstić information content (AvgIpc) is 2.52. The molecule has 1 fully saturated rings. The van der Waals surface area contributed by atoms with Gasteiger partial charge in [0.05, 0.1) is 18.2 Å². The van der Waals surface area contributed by atoms with E-state index in [9.17, 15) is 0 Å². The van der Waals surface area contributed by atoms with Crippen molar-refractivity contribution < 1.29 is 0 Å². The van der Waals surface area contributed by atoms with Crippen molar-refractivity contribution in [3.63, 3.8) is 0 Å². The number of hydrazine groups is 1. The van der Waals surface area contributed by atoms with Gasteiger partial charge in [-0.2, -0.15) is 5.26 Å². The summed E-state index contributed by atoms with van der Waals surface area (Å²) in [5.74, 6) is 6.14. The van der Waals surface area contributed by atoms with Crippen LogP contribution in [0.1, 0.15) is 43.2 Å². The Morgan fingerprint density at radius 2 is 2.15 bits per heavy atom. The second-order valence-corrected chi connectivity index (χ2v) is 5.10. The second kappa shape index (κ2) is 7.51. The van der Waals surface area contributed by atoms with Crippen LogP contribution in [0.4, 0.5) is 0 Å². The molecule has 4 N–H and O–H groups in total. The quantitative estimate of drug-likeness (QED) is 0.338. The zero-order valence-electron chi connectivity index (χ0n) is 11.6. The molecular weight excluding hydrogens is 250 g/mol. The Morgan fingerprint density at radius 1 is 1.35 bits per heavy atom. The summed E-state index contributed by atoms with van der Waals surface area (Å²) in [4.78, 5) is 4.44. The first-order chi connectivity index (χ1) is 9.81. The Kier molecular flexibility index (Phi) is 5.39. The zero-order valence-corrected chi connectivity index (χ0v) is 11.6. The number of nitrogens with two attached hydrogens (primary N) is 1. The summed E-state index contributed by atoms with van der Waals surface area (Å²) in [6, 6.07) is 10.1. The lowest BCUT2D eigenvalue weighted by Crippen LogP contribution is -2.47. The minimum Gasteiger partial charge on any atom is -0.353 e. The molecule has 0 amide bonds. The van der Waals surface area contributed by atoms with Crippen LogP contribution >= 0.6 is 0 Å². The van der Waals surface area contributed by atoms with Gasteiger partial charge in [0.2, 0.25) is 5.96 Å². The molecule has 0 spiro atoms. The summed E-state index contributed by atoms with van der Waals surface area (Å²) < 4.78 is 0. The van der Waals surface area contributed by atoms with E-state index >= 15 is 0 Å². The number of benzene rings is 1. The molecule has 0 bridgehead atoms. The summed E-state index contributed by atoms with van der Waals surface area (Å²) >= 11 is 0. The fraction of sp³-hybridized carbons (Fsp3) is 0.467. The Labute approximate surface area is 119 Å². The van der Waals surface area contributed by atoms with Crippen LogP contribution in [0.15, 0.2) is 29.3 Å². The topological polar surface area (TPSA) is 86.2 Å². The van der Waals surface area contributed by atoms with Crippen LogP contribution in [0.25, 0.3) is 0 Å². The number of rotatable bonds is 3. The highest BCUT2D eigenvalue weighted by Crippen LogP contribution is 2.17. The van der Waals surface area contributed by atoms with Gasteiger partial charge in [-0.25, -0.2) is 10.8 Å². The Bertz CT molecular complexity index is 497. The molecule has 0 aromatic heterocycles. The lowest BCUT2D eigenvalue weighted by Gasteiger charge is -2.24. The maximum atomic E-state index is 8.87. The molecule has 1 aromatic carbocycles. The fourth-order valence-corrected chi connectivity index (χ4v) is 2.48. The summed E-state index contributed by atoms with van der Waals surface area (Å²) in [6.07, 6.45) is 6.19. The number of hydrogen-bond acceptors (Lipinski definition) is 3. The van der Waals surface area contributed by atoms with Gasteiger partial charge in [-0.05, 0) is 30.5 Å². The van der Waals surface area contributed by atoms with Crippen LogP contribution < -0.4 is 16.6 Å². The molecular formula is C15H21N5. The molecule has 2 rings (SSSR count). The van der Waals surface area contributed by atoms with E-state index < -0.39 is 0 Å². The van der Waals surface area contributed by atoms with Crippen LogP contribution in [0.2, 0.25) is 0 Å². The van der Waals surface area contributed by atoms with Crippen molar-refractivity contribution in [2.45, 2.75) is 44.7 Å². The van der Waals surface area contributed by atoms with Crippen molar-refractivity contribution in [1.82, 2.24) is 10.7 Å². The van der Waals surface area contributed by atoms with Gasteiger partial charge in [-0.15, -0.1) is 0 Å². The van der Waals surface area contributed by atoms with Crippen molar-refractivity contribution in [1.29, 1.82) is 5.26 Å². The van der Waals surface area contributed by atoms with Crippen LogP contribution in [-0.2, 0) is 6.54 Å². The third kappa shape index (κ3) is 4.25. The molecule has 0 saturated heterocycles. The smallest absolute Gasteiger partial charge is 0.206 e. The molecule has 0 unspecified atom stereocenters. The Hall–Kier alpha value is -2.06. The van der Waals surface area contributed by atoms with Crippen molar-refractivity contribution in [2.75, 3.05) is 0 Å². The van der Waals surface area contributed by atoms with Gasteiger partial charge in [0.15, 0.2) is 0 Å². The van der Waals surface area contributed by atoms with Crippen LogP contribution in [0.5, 0.6) is 0 Å². The number of guanidine groups is 1. The molecule has 1 aliphatic rings. The molecule has 20 heavy (non-hydrogen) atoms. The number of aliphatic imine (C=N–C) groups is 1. The molecule has 0 heterocycles. The van der Waals surface area contributed by atoms with E-state index in [0.29, 0.717) is 24.1 Å². The van der Waals surface area contributed by atoms with Crippen LogP contribution in [0, 0.1) is 11.3 Å². The SMILES string of the molecule is N#Cc1cccc(CN=C(NN)NC2CCCCC2)c1. The molecule has 0 atom stereocenters. The minimum absolute atomic E-state index is 0.462. The second-order valence-electron chi connectivity index (χ2n) is 5.10. The van der Waals surface area contributed by atoms with Crippen molar-refractivity contribution in [3.8, 4) is 6.07 Å². The van der Waals surface area contributed by atoms with Gasteiger partial charge < -0.3 is 5.32 Å². The maximum Gasteiger partial charge on any atom is 0.206 e. The maximum absolute atomic E-state index is 8.87. The molecule has 1 saturated carbocycles. The van der Waals surface area contributed by atoms with E-state index in [1.54, 1.807) is 6.07 Å². The minimum atomic E-state index is 0.462. The van der Waals surface area contributed by atoms with Crippen LogP contribution in [-0.4, -0.2) is 12.0 Å². The predicted octanol–water partition coefficient (Wildman–Crippen LogP) is 1.80. The van der Waals surface area contributed by atoms with Crippen molar-refractivity contribution in [3.05, 3.63) is 35.4 Å². The molecule has 0 radical (unpaired) electrons. The summed E-state index contributed by atoms with van der Waals surface area (Å²) in [7, 11) is 0. The van der Waals surface area contributed by atoms with Gasteiger partial charge in [0, 0.05) is 6.04 Å². The van der Waals surface area contributed by atoms with Gasteiger partial charge in [0.1, 0.15) is 0 Å². The van der Waals surface area contributed by atoms with E-state index in [-0.39, 0.29) is 0 Å². The van der Waals surface area contributed by atoms with Crippen molar-refractivity contribution >= 4 is 5.96 Å². The van der Waals surface area contributed by atoms with E-state index in [1.807, 2.05) is 18.2 Å². The van der Waals surface area contributed by atoms with Gasteiger partial charge >= 0.3 is 0 Å². The third-order valence-electron chi connectivity index (χ3n) is 3.56.